The molecule has 0 aliphatic carbocycles. The molecule has 22 heavy (non-hydrogen) atoms. The number of benzene rings is 2. The average molecular weight is 348 g/mol. The Morgan fingerprint density at radius 2 is 1.95 bits per heavy atom. The number of nitriles is 1. The summed E-state index contributed by atoms with van der Waals surface area (Å²) in [6.07, 6.45) is 3.70. The summed E-state index contributed by atoms with van der Waals surface area (Å²) < 4.78 is 0. The van der Waals surface area contributed by atoms with Crippen LogP contribution in [0.2, 0.25) is 5.02 Å². The summed E-state index contributed by atoms with van der Waals surface area (Å²) >= 11 is 9.43. The summed E-state index contributed by atoms with van der Waals surface area (Å²) in [6, 6.07) is 15.9. The lowest BCUT2D eigenvalue weighted by Gasteiger charge is -2.19. The molecule has 0 N–H and O–H groups in total. The Hall–Kier alpha value is -1.61. The normalized spacial score (nSPS) is 11.1. The van der Waals surface area contributed by atoms with Crippen LogP contribution in [0.3, 0.4) is 0 Å². The van der Waals surface area contributed by atoms with Gasteiger partial charge in [-0.1, -0.05) is 53.3 Å². The molecule has 0 radical (unpaired) electrons. The van der Waals surface area contributed by atoms with Gasteiger partial charge in [0.25, 0.3) is 0 Å². The molecule has 0 spiro atoms. The van der Waals surface area contributed by atoms with E-state index in [1.54, 1.807) is 11.8 Å². The zero-order chi connectivity index (χ0) is 15.9. The Morgan fingerprint density at radius 3 is 2.55 bits per heavy atom. The Labute approximate surface area is 144 Å². The van der Waals surface area contributed by atoms with Crippen molar-refractivity contribution in [2.75, 3.05) is 18.2 Å². The zero-order valence-corrected chi connectivity index (χ0v) is 14.5. The highest BCUT2D eigenvalue weighted by atomic mass is 35.5. The molecular formula is C16H14ClN3S2. The van der Waals surface area contributed by atoms with Gasteiger partial charge in [0.05, 0.1) is 5.02 Å². The molecule has 0 saturated carbocycles. The molecule has 112 valence electrons. The molecule has 0 heterocycles. The maximum Gasteiger partial charge on any atom is 0.208 e. The van der Waals surface area contributed by atoms with E-state index in [0.29, 0.717) is 10.2 Å². The third-order valence-corrected chi connectivity index (χ3v) is 5.13. The maximum absolute atomic E-state index is 8.72. The minimum absolute atomic E-state index is 0.627. The Bertz CT molecular complexity index is 711. The second-order valence-electron chi connectivity index (χ2n) is 4.29. The molecule has 0 unspecified atom stereocenters. The van der Waals surface area contributed by atoms with Crippen molar-refractivity contribution in [3.8, 4) is 6.19 Å². The third kappa shape index (κ3) is 4.20. The molecular weight excluding hydrogens is 334 g/mol. The molecule has 0 aromatic heterocycles. The van der Waals surface area contributed by atoms with Crippen molar-refractivity contribution in [3.05, 3.63) is 53.6 Å². The van der Waals surface area contributed by atoms with Gasteiger partial charge < -0.3 is 4.90 Å². The first kappa shape index (κ1) is 16.8. The molecule has 0 atom stereocenters. The fraction of sp³-hybridized carbons (Fsp3) is 0.125. The number of anilines is 1. The third-order valence-electron chi connectivity index (χ3n) is 2.89. The Balaban J connectivity index is 2.23. The smallest absolute Gasteiger partial charge is 0.208 e. The molecule has 3 nitrogen and oxygen atoms in total. The van der Waals surface area contributed by atoms with Gasteiger partial charge >= 0.3 is 0 Å². The van der Waals surface area contributed by atoms with Crippen LogP contribution < -0.4 is 4.90 Å². The fourth-order valence-corrected chi connectivity index (χ4v) is 3.45. The SMILES string of the molecule is CS/C(=N\C#N)N(C)c1ccc(Sc2ccccc2)c(Cl)c1. The van der Waals surface area contributed by atoms with Crippen LogP contribution in [0.25, 0.3) is 0 Å². The number of halogens is 1. The highest BCUT2D eigenvalue weighted by Crippen LogP contribution is 2.35. The van der Waals surface area contributed by atoms with Gasteiger partial charge in [0.15, 0.2) is 5.17 Å². The van der Waals surface area contributed by atoms with Gasteiger partial charge in [-0.2, -0.15) is 5.26 Å². The summed E-state index contributed by atoms with van der Waals surface area (Å²) in [5, 5.41) is 10.0. The van der Waals surface area contributed by atoms with Gasteiger partial charge in [0, 0.05) is 22.5 Å². The van der Waals surface area contributed by atoms with Crippen LogP contribution in [0, 0.1) is 11.5 Å². The molecule has 0 bridgehead atoms. The highest BCUT2D eigenvalue weighted by molar-refractivity contribution is 8.13. The molecule has 0 aliphatic heterocycles. The van der Waals surface area contributed by atoms with Gasteiger partial charge in [0.1, 0.15) is 0 Å². The number of rotatable bonds is 3. The van der Waals surface area contributed by atoms with Crippen molar-refractivity contribution < 1.29 is 0 Å². The van der Waals surface area contributed by atoms with Gasteiger partial charge in [-0.3, -0.25) is 0 Å². The van der Waals surface area contributed by atoms with Crippen LogP contribution in [0.4, 0.5) is 5.69 Å². The predicted molar refractivity (Wildman–Crippen MR) is 97.0 cm³/mol. The van der Waals surface area contributed by atoms with E-state index in [0.717, 1.165) is 15.5 Å². The van der Waals surface area contributed by atoms with E-state index in [-0.39, 0.29) is 0 Å². The zero-order valence-electron chi connectivity index (χ0n) is 12.2. The minimum Gasteiger partial charge on any atom is -0.323 e. The molecule has 0 fully saturated rings. The van der Waals surface area contributed by atoms with E-state index in [1.807, 2.05) is 72.9 Å². The number of thioether (sulfide) groups is 1. The van der Waals surface area contributed by atoms with Crippen LogP contribution in [-0.4, -0.2) is 18.5 Å². The molecule has 0 aliphatic rings. The predicted octanol–water partition coefficient (Wildman–Crippen LogP) is 5.13. The molecule has 6 heteroatoms. The van der Waals surface area contributed by atoms with Crippen molar-refractivity contribution in [1.29, 1.82) is 5.26 Å². The van der Waals surface area contributed by atoms with E-state index < -0.39 is 0 Å². The lowest BCUT2D eigenvalue weighted by Crippen LogP contribution is -2.23. The van der Waals surface area contributed by atoms with E-state index >= 15 is 0 Å². The van der Waals surface area contributed by atoms with Crippen molar-refractivity contribution in [3.63, 3.8) is 0 Å². The summed E-state index contributed by atoms with van der Waals surface area (Å²) in [5.41, 5.74) is 0.894. The molecule has 2 rings (SSSR count). The van der Waals surface area contributed by atoms with Gasteiger partial charge in [0.2, 0.25) is 6.19 Å². The van der Waals surface area contributed by atoms with E-state index in [9.17, 15) is 0 Å². The van der Waals surface area contributed by atoms with Gasteiger partial charge in [-0.25, -0.2) is 0 Å². The number of hydrogen-bond donors (Lipinski definition) is 0. The first-order chi connectivity index (χ1) is 10.7. The van der Waals surface area contributed by atoms with Gasteiger partial charge in [-0.05, 0) is 36.6 Å². The Morgan fingerprint density at radius 1 is 1.23 bits per heavy atom. The quantitative estimate of drug-likeness (QED) is 0.438. The minimum atomic E-state index is 0.627. The first-order valence-electron chi connectivity index (χ1n) is 6.42. The maximum atomic E-state index is 8.72. The van der Waals surface area contributed by atoms with E-state index in [4.69, 9.17) is 16.9 Å². The standard InChI is InChI=1S/C16H14ClN3S2/c1-20(16(21-2)19-11-18)12-8-9-15(14(17)10-12)22-13-6-4-3-5-7-13/h3-10H,1-2H3/b19-16-. The molecule has 2 aromatic carbocycles. The second-order valence-corrected chi connectivity index (χ2v) is 6.58. The summed E-state index contributed by atoms with van der Waals surface area (Å²) in [4.78, 5) is 7.78. The van der Waals surface area contributed by atoms with Crippen LogP contribution in [0.1, 0.15) is 0 Å². The largest absolute Gasteiger partial charge is 0.323 e. The van der Waals surface area contributed by atoms with E-state index in [1.165, 1.54) is 11.8 Å². The first-order valence-corrected chi connectivity index (χ1v) is 8.84. The van der Waals surface area contributed by atoms with Crippen LogP contribution in [0.15, 0.2) is 63.3 Å². The summed E-state index contributed by atoms with van der Waals surface area (Å²) in [6.45, 7) is 0. The van der Waals surface area contributed by atoms with Crippen molar-refractivity contribution >= 4 is 46.0 Å². The second kappa shape index (κ2) is 8.14. The topological polar surface area (TPSA) is 39.4 Å². The van der Waals surface area contributed by atoms with Crippen LogP contribution in [-0.2, 0) is 0 Å². The number of amidine groups is 1. The molecule has 2 aromatic rings. The number of aliphatic imine (C=N–C) groups is 1. The van der Waals surface area contributed by atoms with Crippen LogP contribution >= 0.6 is 35.1 Å². The monoisotopic (exact) mass is 347 g/mol. The fourth-order valence-electron chi connectivity index (χ4n) is 1.81. The van der Waals surface area contributed by atoms with Crippen LogP contribution in [0.5, 0.6) is 0 Å². The van der Waals surface area contributed by atoms with Crippen molar-refractivity contribution in [2.45, 2.75) is 9.79 Å². The van der Waals surface area contributed by atoms with Crippen molar-refractivity contribution in [2.24, 2.45) is 4.99 Å². The average Bonchev–Trinajstić information content (AvgIpc) is 2.55. The van der Waals surface area contributed by atoms with E-state index in [2.05, 4.69) is 4.99 Å². The summed E-state index contributed by atoms with van der Waals surface area (Å²) in [7, 11) is 1.86. The highest BCUT2D eigenvalue weighted by Gasteiger charge is 2.11. The molecule has 0 amide bonds. The molecule has 0 saturated heterocycles. The lowest BCUT2D eigenvalue weighted by atomic mass is 10.3. The van der Waals surface area contributed by atoms with Gasteiger partial charge in [-0.15, -0.1) is 4.99 Å². The summed E-state index contributed by atoms with van der Waals surface area (Å²) in [5.74, 6) is 0. The number of nitrogens with zero attached hydrogens (tertiary/aromatic N) is 3. The van der Waals surface area contributed by atoms with Crippen molar-refractivity contribution in [1.82, 2.24) is 0 Å². The Kier molecular flexibility index (Phi) is 6.20. The number of hydrogen-bond acceptors (Lipinski definition) is 4. The lowest BCUT2D eigenvalue weighted by molar-refractivity contribution is 1.26.